The first kappa shape index (κ1) is 15.9. The number of amides is 2. The summed E-state index contributed by atoms with van der Waals surface area (Å²) < 4.78 is 0. The number of aryl methyl sites for hydroxylation is 2. The lowest BCUT2D eigenvalue weighted by atomic mass is 10.0. The molecule has 0 bridgehead atoms. The highest BCUT2D eigenvalue weighted by atomic mass is 16.2. The predicted molar refractivity (Wildman–Crippen MR) is 97.5 cm³/mol. The third-order valence-electron chi connectivity index (χ3n) is 5.16. The van der Waals surface area contributed by atoms with E-state index in [4.69, 9.17) is 0 Å². The number of rotatable bonds is 4. The summed E-state index contributed by atoms with van der Waals surface area (Å²) in [6, 6.07) is 12.2. The van der Waals surface area contributed by atoms with Gasteiger partial charge in [-0.25, -0.2) is 0 Å². The Kier molecular flexibility index (Phi) is 4.04. The zero-order valence-electron chi connectivity index (χ0n) is 14.4. The first-order valence-electron chi connectivity index (χ1n) is 8.91. The van der Waals surface area contributed by atoms with Crippen LogP contribution in [0.4, 0.5) is 5.69 Å². The molecule has 1 heterocycles. The summed E-state index contributed by atoms with van der Waals surface area (Å²) in [5, 5.41) is 5.90. The van der Waals surface area contributed by atoms with Crippen LogP contribution in [-0.4, -0.2) is 11.8 Å². The first-order chi connectivity index (χ1) is 12.1. The van der Waals surface area contributed by atoms with E-state index < -0.39 is 0 Å². The number of benzene rings is 2. The molecule has 0 fully saturated rings. The first-order valence-corrected chi connectivity index (χ1v) is 8.91. The molecule has 2 N–H and O–H groups in total. The van der Waals surface area contributed by atoms with Gasteiger partial charge < -0.3 is 10.6 Å². The maximum absolute atomic E-state index is 12.4. The number of hydrogen-bond donors (Lipinski definition) is 2. The Morgan fingerprint density at radius 2 is 1.96 bits per heavy atom. The van der Waals surface area contributed by atoms with Gasteiger partial charge in [-0.3, -0.25) is 9.59 Å². The van der Waals surface area contributed by atoms with Crippen molar-refractivity contribution in [3.63, 3.8) is 0 Å². The molecule has 0 unspecified atom stereocenters. The van der Waals surface area contributed by atoms with Crippen molar-refractivity contribution < 1.29 is 9.59 Å². The van der Waals surface area contributed by atoms with Gasteiger partial charge in [0, 0.05) is 5.69 Å². The van der Waals surface area contributed by atoms with Gasteiger partial charge in [0.1, 0.15) is 0 Å². The molecule has 4 nitrogen and oxygen atoms in total. The van der Waals surface area contributed by atoms with E-state index in [1.54, 1.807) is 0 Å². The van der Waals surface area contributed by atoms with E-state index in [0.717, 1.165) is 35.2 Å². The molecule has 128 valence electrons. The molecule has 1 atom stereocenters. The molecule has 0 spiro atoms. The van der Waals surface area contributed by atoms with E-state index in [9.17, 15) is 9.59 Å². The molecule has 25 heavy (non-hydrogen) atoms. The van der Waals surface area contributed by atoms with Gasteiger partial charge in [-0.1, -0.05) is 30.3 Å². The third kappa shape index (κ3) is 3.29. The molecule has 2 aromatic carbocycles. The van der Waals surface area contributed by atoms with Crippen molar-refractivity contribution in [3.05, 3.63) is 64.2 Å². The van der Waals surface area contributed by atoms with Crippen molar-refractivity contribution in [2.24, 2.45) is 0 Å². The Morgan fingerprint density at radius 3 is 2.84 bits per heavy atom. The van der Waals surface area contributed by atoms with Crippen molar-refractivity contribution in [3.8, 4) is 0 Å². The highest BCUT2D eigenvalue weighted by Crippen LogP contribution is 2.27. The Balaban J connectivity index is 1.41. The molecule has 0 saturated heterocycles. The molecule has 1 aliphatic heterocycles. The van der Waals surface area contributed by atoms with Gasteiger partial charge in [-0.15, -0.1) is 0 Å². The van der Waals surface area contributed by atoms with Gasteiger partial charge in [0.05, 0.1) is 18.9 Å². The topological polar surface area (TPSA) is 58.2 Å². The van der Waals surface area contributed by atoms with E-state index in [1.807, 2.05) is 25.1 Å². The normalized spacial score (nSPS) is 16.1. The second kappa shape index (κ2) is 6.36. The summed E-state index contributed by atoms with van der Waals surface area (Å²) in [7, 11) is 0. The van der Waals surface area contributed by atoms with Crippen LogP contribution in [-0.2, 0) is 35.3 Å². The summed E-state index contributed by atoms with van der Waals surface area (Å²) in [5.41, 5.74) is 6.81. The lowest BCUT2D eigenvalue weighted by Crippen LogP contribution is -2.28. The smallest absolute Gasteiger partial charge is 0.228 e. The van der Waals surface area contributed by atoms with E-state index in [1.165, 1.54) is 17.5 Å². The second-order valence-electron chi connectivity index (χ2n) is 7.06. The van der Waals surface area contributed by atoms with Gasteiger partial charge in [0.15, 0.2) is 0 Å². The van der Waals surface area contributed by atoms with Gasteiger partial charge in [-0.05, 0) is 60.1 Å². The number of carbonyl (C=O) groups is 2. The number of anilines is 1. The molecular formula is C21H22N2O2. The number of carbonyl (C=O) groups excluding carboxylic acids is 2. The summed E-state index contributed by atoms with van der Waals surface area (Å²) >= 11 is 0. The minimum absolute atomic E-state index is 0.0279. The van der Waals surface area contributed by atoms with Gasteiger partial charge in [-0.2, -0.15) is 0 Å². The molecule has 2 aromatic rings. The average molecular weight is 334 g/mol. The van der Waals surface area contributed by atoms with E-state index in [2.05, 4.69) is 28.8 Å². The van der Waals surface area contributed by atoms with Gasteiger partial charge in [0.25, 0.3) is 0 Å². The summed E-state index contributed by atoms with van der Waals surface area (Å²) in [6.07, 6.45) is 4.33. The number of fused-ring (bicyclic) bond motifs is 2. The van der Waals surface area contributed by atoms with E-state index >= 15 is 0 Å². The molecular weight excluding hydrogens is 312 g/mol. The monoisotopic (exact) mass is 334 g/mol. The maximum Gasteiger partial charge on any atom is 0.228 e. The van der Waals surface area contributed by atoms with Crippen molar-refractivity contribution >= 4 is 17.5 Å². The zero-order valence-corrected chi connectivity index (χ0v) is 14.4. The molecule has 0 saturated carbocycles. The fourth-order valence-corrected chi connectivity index (χ4v) is 3.81. The highest BCUT2D eigenvalue weighted by Gasteiger charge is 2.19. The van der Waals surface area contributed by atoms with Crippen LogP contribution in [0.15, 0.2) is 36.4 Å². The fraction of sp³-hybridized carbons (Fsp3) is 0.333. The molecule has 0 aromatic heterocycles. The largest absolute Gasteiger partial charge is 0.349 e. The number of nitrogens with one attached hydrogen (secondary N) is 2. The van der Waals surface area contributed by atoms with Crippen LogP contribution in [0.3, 0.4) is 0 Å². The highest BCUT2D eigenvalue weighted by molar-refractivity contribution is 5.99. The Hall–Kier alpha value is -2.62. The van der Waals surface area contributed by atoms with Crippen LogP contribution in [0, 0.1) is 0 Å². The Morgan fingerprint density at radius 1 is 1.12 bits per heavy atom. The van der Waals surface area contributed by atoms with Gasteiger partial charge in [0.2, 0.25) is 11.8 Å². The van der Waals surface area contributed by atoms with Crippen molar-refractivity contribution in [1.29, 1.82) is 0 Å². The molecule has 2 aliphatic rings. The summed E-state index contributed by atoms with van der Waals surface area (Å²) in [4.78, 5) is 23.9. The Labute approximate surface area is 147 Å². The summed E-state index contributed by atoms with van der Waals surface area (Å²) in [5.74, 6) is 0.0561. The minimum atomic E-state index is -0.0806. The lowest BCUT2D eigenvalue weighted by molar-refractivity contribution is -0.121. The fourth-order valence-electron chi connectivity index (χ4n) is 3.81. The van der Waals surface area contributed by atoms with Crippen LogP contribution in [0.2, 0.25) is 0 Å². The predicted octanol–water partition coefficient (Wildman–Crippen LogP) is 3.09. The zero-order chi connectivity index (χ0) is 17.4. The average Bonchev–Trinajstić information content (AvgIpc) is 3.18. The second-order valence-corrected chi connectivity index (χ2v) is 7.06. The molecule has 4 heteroatoms. The van der Waals surface area contributed by atoms with Crippen molar-refractivity contribution in [1.82, 2.24) is 5.32 Å². The van der Waals surface area contributed by atoms with E-state index in [-0.39, 0.29) is 17.9 Å². The molecule has 0 radical (unpaired) electrons. The van der Waals surface area contributed by atoms with Crippen LogP contribution < -0.4 is 10.6 Å². The van der Waals surface area contributed by atoms with Crippen molar-refractivity contribution in [2.75, 3.05) is 5.32 Å². The van der Waals surface area contributed by atoms with Gasteiger partial charge >= 0.3 is 0 Å². The van der Waals surface area contributed by atoms with Crippen LogP contribution in [0.5, 0.6) is 0 Å². The Bertz CT molecular complexity index is 857. The maximum atomic E-state index is 12.4. The van der Waals surface area contributed by atoms with Crippen LogP contribution in [0.1, 0.15) is 47.2 Å². The minimum Gasteiger partial charge on any atom is -0.349 e. The number of hydrogen-bond acceptors (Lipinski definition) is 2. The molecule has 2 amide bonds. The standard InChI is InChI=1S/C21H22N2O2/c1-13(16-7-8-19-18(11-16)12-21(25)23-19)22-20(24)10-14-5-6-15-3-2-4-17(15)9-14/h5-9,11,13H,2-4,10,12H2,1H3,(H,22,24)(H,23,25)/t13-/m1/s1. The SMILES string of the molecule is C[C@@H](NC(=O)Cc1ccc2c(c1)CCC2)c1ccc2c(c1)CC(=O)N2. The third-order valence-corrected chi connectivity index (χ3v) is 5.16. The molecule has 1 aliphatic carbocycles. The van der Waals surface area contributed by atoms with Crippen LogP contribution >= 0.6 is 0 Å². The quantitative estimate of drug-likeness (QED) is 0.903. The lowest BCUT2D eigenvalue weighted by Gasteiger charge is -2.15. The molecule has 4 rings (SSSR count). The van der Waals surface area contributed by atoms with E-state index in [0.29, 0.717) is 12.8 Å². The van der Waals surface area contributed by atoms with Crippen LogP contribution in [0.25, 0.3) is 0 Å². The van der Waals surface area contributed by atoms with Crippen molar-refractivity contribution in [2.45, 2.75) is 45.1 Å². The summed E-state index contributed by atoms with van der Waals surface area (Å²) in [6.45, 7) is 1.98.